The van der Waals surface area contributed by atoms with Crippen molar-refractivity contribution in [2.45, 2.75) is 0 Å². The zero-order valence-electron chi connectivity index (χ0n) is 18.2. The van der Waals surface area contributed by atoms with Gasteiger partial charge >= 0.3 is 0 Å². The summed E-state index contributed by atoms with van der Waals surface area (Å²) in [7, 11) is 0. The van der Waals surface area contributed by atoms with Crippen LogP contribution in [0.25, 0.3) is 0 Å². The monoisotopic (exact) mass is 459 g/mol. The van der Waals surface area contributed by atoms with Gasteiger partial charge < -0.3 is 16.8 Å². The third-order valence-electron chi connectivity index (χ3n) is 6.48. The van der Waals surface area contributed by atoms with Gasteiger partial charge in [-0.15, -0.1) is 0 Å². The fraction of sp³-hybridized carbons (Fsp3) is 0. The van der Waals surface area contributed by atoms with E-state index in [0.29, 0.717) is 11.4 Å². The smallest absolute Gasteiger partial charge is 0.196 e. The molecule has 168 valence electrons. The third-order valence-corrected chi connectivity index (χ3v) is 6.48. The van der Waals surface area contributed by atoms with E-state index < -0.39 is 0 Å². The predicted molar refractivity (Wildman–Crippen MR) is 132 cm³/mol. The van der Waals surface area contributed by atoms with Gasteiger partial charge in [0.25, 0.3) is 0 Å². The molecular weight excluding hydrogens is 442 g/mol. The summed E-state index contributed by atoms with van der Waals surface area (Å²) in [5.41, 5.74) is 14.8. The van der Waals surface area contributed by atoms with Crippen LogP contribution in [0.15, 0.2) is 72.8 Å². The van der Waals surface area contributed by atoms with Crippen molar-refractivity contribution in [2.75, 3.05) is 16.8 Å². The Morgan fingerprint density at radius 2 is 0.743 bits per heavy atom. The lowest BCUT2D eigenvalue weighted by molar-refractivity contribution is 0.0980. The van der Waals surface area contributed by atoms with E-state index in [1.807, 2.05) is 0 Å². The standard InChI is InChI=1S/C28H17N3O4/c29-17-9-1-5-13-21(17)25(32)15-7-3-11-19(23(15)27(13)34)31-20-12-4-8-16-24(20)28(35)14-6-2-10-18(30)22(14)26(16)33/h1-12,31H,29-30H2. The fourth-order valence-electron chi connectivity index (χ4n) is 4.89. The molecule has 0 saturated heterocycles. The Morgan fingerprint density at radius 1 is 0.429 bits per heavy atom. The fourth-order valence-corrected chi connectivity index (χ4v) is 4.89. The molecule has 2 aliphatic rings. The van der Waals surface area contributed by atoms with E-state index in [4.69, 9.17) is 11.5 Å². The summed E-state index contributed by atoms with van der Waals surface area (Å²) in [6.45, 7) is 0. The summed E-state index contributed by atoms with van der Waals surface area (Å²) < 4.78 is 0. The Hall–Kier alpha value is -5.04. The minimum absolute atomic E-state index is 0.187. The highest BCUT2D eigenvalue weighted by atomic mass is 16.1. The molecule has 7 heteroatoms. The molecule has 7 nitrogen and oxygen atoms in total. The van der Waals surface area contributed by atoms with Gasteiger partial charge in [0.2, 0.25) is 0 Å². The Labute approximate surface area is 199 Å². The predicted octanol–water partition coefficient (Wildman–Crippen LogP) is 4.15. The molecule has 0 amide bonds. The van der Waals surface area contributed by atoms with E-state index in [9.17, 15) is 19.2 Å². The Kier molecular flexibility index (Phi) is 4.25. The maximum atomic E-state index is 13.4. The van der Waals surface area contributed by atoms with Crippen LogP contribution in [-0.4, -0.2) is 23.1 Å². The van der Waals surface area contributed by atoms with Crippen LogP contribution in [0.1, 0.15) is 63.7 Å². The minimum atomic E-state index is -0.352. The van der Waals surface area contributed by atoms with Gasteiger partial charge in [0, 0.05) is 33.6 Å². The lowest BCUT2D eigenvalue weighted by Crippen LogP contribution is -2.25. The van der Waals surface area contributed by atoms with Crippen LogP contribution in [0.2, 0.25) is 0 Å². The first kappa shape index (κ1) is 20.6. The normalized spacial score (nSPS) is 13.6. The molecule has 4 aromatic rings. The average molecular weight is 459 g/mol. The molecule has 0 heterocycles. The molecule has 0 unspecified atom stereocenters. The maximum Gasteiger partial charge on any atom is 0.196 e. The van der Waals surface area contributed by atoms with Crippen LogP contribution >= 0.6 is 0 Å². The number of anilines is 4. The Bertz CT molecular complexity index is 1550. The van der Waals surface area contributed by atoms with E-state index >= 15 is 0 Å². The largest absolute Gasteiger partial charge is 0.398 e. The summed E-state index contributed by atoms with van der Waals surface area (Å²) in [5.74, 6) is -1.39. The molecule has 6 rings (SSSR count). The van der Waals surface area contributed by atoms with Crippen molar-refractivity contribution in [1.82, 2.24) is 0 Å². The number of carbonyl (C=O) groups excluding carboxylic acids is 4. The molecule has 0 saturated carbocycles. The number of carbonyl (C=O) groups is 4. The van der Waals surface area contributed by atoms with Crippen molar-refractivity contribution >= 4 is 45.9 Å². The first-order valence-corrected chi connectivity index (χ1v) is 10.9. The molecule has 35 heavy (non-hydrogen) atoms. The molecule has 5 N–H and O–H groups in total. The number of hydrogen-bond donors (Lipinski definition) is 3. The quantitative estimate of drug-likeness (QED) is 0.331. The van der Waals surface area contributed by atoms with E-state index in [1.165, 1.54) is 0 Å². The van der Waals surface area contributed by atoms with E-state index in [2.05, 4.69) is 5.32 Å². The van der Waals surface area contributed by atoms with E-state index in [0.717, 1.165) is 0 Å². The molecule has 0 atom stereocenters. The molecule has 0 aromatic heterocycles. The second kappa shape index (κ2) is 7.23. The van der Waals surface area contributed by atoms with Crippen molar-refractivity contribution in [2.24, 2.45) is 0 Å². The summed E-state index contributed by atoms with van der Waals surface area (Å²) in [5, 5.41) is 3.14. The van der Waals surface area contributed by atoms with Crippen LogP contribution in [0.4, 0.5) is 22.7 Å². The van der Waals surface area contributed by atoms with Crippen molar-refractivity contribution in [3.05, 3.63) is 117 Å². The van der Waals surface area contributed by atoms with Gasteiger partial charge in [0.05, 0.1) is 33.6 Å². The van der Waals surface area contributed by atoms with Crippen LogP contribution < -0.4 is 16.8 Å². The maximum absolute atomic E-state index is 13.4. The average Bonchev–Trinajstić information content (AvgIpc) is 2.85. The molecule has 0 radical (unpaired) electrons. The highest BCUT2D eigenvalue weighted by molar-refractivity contribution is 6.33. The van der Waals surface area contributed by atoms with Gasteiger partial charge in [-0.05, 0) is 24.3 Å². The van der Waals surface area contributed by atoms with Gasteiger partial charge in [0.15, 0.2) is 23.1 Å². The Morgan fingerprint density at radius 3 is 1.14 bits per heavy atom. The van der Waals surface area contributed by atoms with E-state index in [-0.39, 0.29) is 79.0 Å². The van der Waals surface area contributed by atoms with Crippen molar-refractivity contribution in [1.29, 1.82) is 0 Å². The van der Waals surface area contributed by atoms with Gasteiger partial charge in [-0.25, -0.2) is 0 Å². The van der Waals surface area contributed by atoms with Crippen LogP contribution in [0, 0.1) is 0 Å². The molecule has 4 aromatic carbocycles. The molecule has 0 fully saturated rings. The van der Waals surface area contributed by atoms with Gasteiger partial charge in [-0.2, -0.15) is 0 Å². The summed E-state index contributed by atoms with van der Waals surface area (Å²) in [4.78, 5) is 53.3. The number of fused-ring (bicyclic) bond motifs is 4. The van der Waals surface area contributed by atoms with E-state index in [1.54, 1.807) is 72.8 Å². The van der Waals surface area contributed by atoms with Crippen LogP contribution in [-0.2, 0) is 0 Å². The number of rotatable bonds is 2. The minimum Gasteiger partial charge on any atom is -0.398 e. The van der Waals surface area contributed by atoms with Crippen molar-refractivity contribution in [3.63, 3.8) is 0 Å². The number of nitrogen functional groups attached to an aromatic ring is 2. The second-order valence-electron chi connectivity index (χ2n) is 8.44. The lowest BCUT2D eigenvalue weighted by atomic mass is 9.81. The third kappa shape index (κ3) is 2.78. The highest BCUT2D eigenvalue weighted by Crippen LogP contribution is 2.38. The lowest BCUT2D eigenvalue weighted by Gasteiger charge is -2.24. The van der Waals surface area contributed by atoms with Crippen LogP contribution in [0.5, 0.6) is 0 Å². The number of benzene rings is 4. The molecule has 2 aliphatic carbocycles. The molecule has 0 bridgehead atoms. The topological polar surface area (TPSA) is 132 Å². The molecular formula is C28H17N3O4. The van der Waals surface area contributed by atoms with Crippen molar-refractivity contribution < 1.29 is 19.2 Å². The van der Waals surface area contributed by atoms with Gasteiger partial charge in [-0.3, -0.25) is 19.2 Å². The molecule has 0 aliphatic heterocycles. The second-order valence-corrected chi connectivity index (χ2v) is 8.44. The summed E-state index contributed by atoms with van der Waals surface area (Å²) >= 11 is 0. The van der Waals surface area contributed by atoms with Crippen molar-refractivity contribution in [3.8, 4) is 0 Å². The number of hydrogen-bond acceptors (Lipinski definition) is 7. The zero-order valence-corrected chi connectivity index (χ0v) is 18.2. The Balaban J connectivity index is 1.50. The van der Waals surface area contributed by atoms with Crippen LogP contribution in [0.3, 0.4) is 0 Å². The van der Waals surface area contributed by atoms with Gasteiger partial charge in [0.1, 0.15) is 0 Å². The first-order chi connectivity index (χ1) is 16.9. The summed E-state index contributed by atoms with van der Waals surface area (Å²) in [6.07, 6.45) is 0. The summed E-state index contributed by atoms with van der Waals surface area (Å²) in [6, 6.07) is 19.3. The first-order valence-electron chi connectivity index (χ1n) is 10.9. The number of nitrogens with one attached hydrogen (secondary N) is 1. The molecule has 0 spiro atoms. The number of ketones is 4. The van der Waals surface area contributed by atoms with Gasteiger partial charge in [-0.1, -0.05) is 48.5 Å². The SMILES string of the molecule is Nc1cccc2c1C(=O)c1cccc(Nc3cccc4c3C(=O)c3cccc(N)c3C4=O)c1C2=O. The zero-order chi connectivity index (χ0) is 24.4. The highest BCUT2D eigenvalue weighted by Gasteiger charge is 2.35. The number of nitrogens with two attached hydrogens (primary N) is 2.